The lowest BCUT2D eigenvalue weighted by Gasteiger charge is -2.15. The minimum Gasteiger partial charge on any atom is -0.493 e. The first-order chi connectivity index (χ1) is 16.8. The van der Waals surface area contributed by atoms with Crippen molar-refractivity contribution in [3.8, 4) is 27.4 Å². The van der Waals surface area contributed by atoms with E-state index in [2.05, 4.69) is 5.32 Å². The Hall–Kier alpha value is -3.03. The number of alkyl halides is 3. The van der Waals surface area contributed by atoms with Crippen LogP contribution in [0, 0.1) is 0 Å². The average Bonchev–Trinajstić information content (AvgIpc) is 3.26. The first kappa shape index (κ1) is 25.1. The Morgan fingerprint density at radius 2 is 1.69 bits per heavy atom. The molecule has 3 nitrogen and oxygen atoms in total. The summed E-state index contributed by atoms with van der Waals surface area (Å²) in [6, 6.07) is 21.1. The number of nitrogens with zero attached hydrogens (tertiary/aromatic N) is 1. The molecule has 0 saturated heterocycles. The predicted octanol–water partition coefficient (Wildman–Crippen LogP) is 9.46. The number of rotatable bonds is 9. The smallest absolute Gasteiger partial charge is 0.420 e. The Kier molecular flexibility index (Phi) is 7.98. The maximum absolute atomic E-state index is 13.8. The summed E-state index contributed by atoms with van der Waals surface area (Å²) in [5, 5.41) is 4.15. The lowest BCUT2D eigenvalue weighted by Crippen LogP contribution is -2.10. The molecule has 1 N–H and O–H groups in total. The van der Waals surface area contributed by atoms with Gasteiger partial charge in [-0.1, -0.05) is 85.2 Å². The van der Waals surface area contributed by atoms with E-state index in [0.717, 1.165) is 40.6 Å². The summed E-state index contributed by atoms with van der Waals surface area (Å²) < 4.78 is 46.7. The lowest BCUT2D eigenvalue weighted by molar-refractivity contribution is -0.138. The van der Waals surface area contributed by atoms with Crippen LogP contribution >= 0.6 is 22.9 Å². The number of halogens is 4. The Balaban J connectivity index is 1.66. The molecule has 35 heavy (non-hydrogen) atoms. The average molecular weight is 517 g/mol. The summed E-state index contributed by atoms with van der Waals surface area (Å²) in [5.74, 6) is -0.162. The van der Waals surface area contributed by atoms with Crippen molar-refractivity contribution >= 4 is 33.8 Å². The van der Waals surface area contributed by atoms with Crippen LogP contribution in [0.4, 0.5) is 24.0 Å². The number of unbranched alkanes of at least 4 members (excludes halogenated alkanes) is 2. The molecule has 4 aromatic rings. The van der Waals surface area contributed by atoms with Crippen molar-refractivity contribution < 1.29 is 17.9 Å². The van der Waals surface area contributed by atoms with E-state index in [1.807, 2.05) is 49.4 Å². The maximum atomic E-state index is 13.8. The SMILES string of the molecule is CCCCCOc1ccc(Nc2nc(-c3ccc(Cl)cc3)c(-c3ccccc3)s2)cc1C(F)(F)F. The molecule has 0 amide bonds. The van der Waals surface area contributed by atoms with Crippen LogP contribution in [0.25, 0.3) is 21.7 Å². The number of anilines is 2. The van der Waals surface area contributed by atoms with E-state index in [1.54, 1.807) is 18.2 Å². The largest absolute Gasteiger partial charge is 0.493 e. The first-order valence-electron chi connectivity index (χ1n) is 11.3. The van der Waals surface area contributed by atoms with E-state index in [9.17, 15) is 13.2 Å². The Morgan fingerprint density at radius 3 is 2.37 bits per heavy atom. The third-order valence-electron chi connectivity index (χ3n) is 5.32. The maximum Gasteiger partial charge on any atom is 0.420 e. The van der Waals surface area contributed by atoms with Gasteiger partial charge in [-0.2, -0.15) is 13.2 Å². The minimum absolute atomic E-state index is 0.162. The second kappa shape index (κ2) is 11.1. The van der Waals surface area contributed by atoms with Crippen molar-refractivity contribution in [1.29, 1.82) is 0 Å². The van der Waals surface area contributed by atoms with E-state index >= 15 is 0 Å². The number of nitrogens with one attached hydrogen (secondary N) is 1. The summed E-state index contributed by atoms with van der Waals surface area (Å²) in [5.41, 5.74) is 2.04. The van der Waals surface area contributed by atoms with Crippen molar-refractivity contribution in [2.45, 2.75) is 32.4 Å². The van der Waals surface area contributed by atoms with Crippen molar-refractivity contribution in [2.24, 2.45) is 0 Å². The van der Waals surface area contributed by atoms with Gasteiger partial charge < -0.3 is 10.1 Å². The van der Waals surface area contributed by atoms with Crippen molar-refractivity contribution in [3.63, 3.8) is 0 Å². The third-order valence-corrected chi connectivity index (χ3v) is 6.59. The van der Waals surface area contributed by atoms with E-state index in [0.29, 0.717) is 16.6 Å². The van der Waals surface area contributed by atoms with E-state index in [4.69, 9.17) is 21.3 Å². The summed E-state index contributed by atoms with van der Waals surface area (Å²) in [7, 11) is 0. The summed E-state index contributed by atoms with van der Waals surface area (Å²) in [6.07, 6.45) is -1.95. The Morgan fingerprint density at radius 1 is 0.943 bits per heavy atom. The van der Waals surface area contributed by atoms with Gasteiger partial charge in [0.15, 0.2) is 5.13 Å². The van der Waals surface area contributed by atoms with Crippen molar-refractivity contribution in [2.75, 3.05) is 11.9 Å². The molecule has 0 unspecified atom stereocenters. The molecule has 3 aromatic carbocycles. The van der Waals surface area contributed by atoms with Crippen LogP contribution in [0.2, 0.25) is 5.02 Å². The molecular formula is C27H24ClF3N2OS. The van der Waals surface area contributed by atoms with Gasteiger partial charge in [-0.3, -0.25) is 0 Å². The normalized spacial score (nSPS) is 11.5. The molecule has 0 aliphatic heterocycles. The van der Waals surface area contributed by atoms with Gasteiger partial charge in [0, 0.05) is 16.3 Å². The lowest BCUT2D eigenvalue weighted by atomic mass is 10.1. The Bertz CT molecular complexity index is 1260. The van der Waals surface area contributed by atoms with E-state index in [1.165, 1.54) is 17.4 Å². The molecule has 1 aromatic heterocycles. The van der Waals surface area contributed by atoms with Crippen LogP contribution in [-0.4, -0.2) is 11.6 Å². The molecule has 0 spiro atoms. The van der Waals surface area contributed by atoms with Gasteiger partial charge in [0.25, 0.3) is 0 Å². The molecule has 0 fully saturated rings. The van der Waals surface area contributed by atoms with Crippen LogP contribution in [0.3, 0.4) is 0 Å². The summed E-state index contributed by atoms with van der Waals surface area (Å²) in [4.78, 5) is 5.62. The van der Waals surface area contributed by atoms with Crippen LogP contribution < -0.4 is 10.1 Å². The molecule has 0 radical (unpaired) electrons. The van der Waals surface area contributed by atoms with Gasteiger partial charge in [0.1, 0.15) is 5.75 Å². The fourth-order valence-electron chi connectivity index (χ4n) is 3.57. The monoisotopic (exact) mass is 516 g/mol. The van der Waals surface area contributed by atoms with Crippen molar-refractivity contribution in [1.82, 2.24) is 4.98 Å². The molecular weight excluding hydrogens is 493 g/mol. The molecule has 0 atom stereocenters. The highest BCUT2D eigenvalue weighted by molar-refractivity contribution is 7.19. The van der Waals surface area contributed by atoms with E-state index < -0.39 is 11.7 Å². The molecule has 4 rings (SSSR count). The fourth-order valence-corrected chi connectivity index (χ4v) is 4.71. The van der Waals surface area contributed by atoms with Gasteiger partial charge in [-0.25, -0.2) is 4.98 Å². The van der Waals surface area contributed by atoms with Crippen molar-refractivity contribution in [3.05, 3.63) is 83.4 Å². The third kappa shape index (κ3) is 6.35. The van der Waals surface area contributed by atoms with Gasteiger partial charge in [-0.05, 0) is 42.3 Å². The van der Waals surface area contributed by atoms with Crippen LogP contribution in [0.1, 0.15) is 31.7 Å². The highest BCUT2D eigenvalue weighted by Crippen LogP contribution is 2.42. The number of aromatic nitrogens is 1. The van der Waals surface area contributed by atoms with Crippen LogP contribution in [-0.2, 0) is 6.18 Å². The van der Waals surface area contributed by atoms with Crippen LogP contribution in [0.15, 0.2) is 72.8 Å². The summed E-state index contributed by atoms with van der Waals surface area (Å²) in [6.45, 7) is 2.28. The van der Waals surface area contributed by atoms with Gasteiger partial charge >= 0.3 is 6.18 Å². The molecule has 8 heteroatoms. The minimum atomic E-state index is -4.54. The molecule has 0 bridgehead atoms. The zero-order chi connectivity index (χ0) is 24.8. The number of benzene rings is 3. The predicted molar refractivity (Wildman–Crippen MR) is 138 cm³/mol. The quantitative estimate of drug-likeness (QED) is 0.225. The van der Waals surface area contributed by atoms with Gasteiger partial charge in [0.05, 0.1) is 22.7 Å². The molecule has 182 valence electrons. The number of ether oxygens (including phenoxy) is 1. The van der Waals surface area contributed by atoms with Gasteiger partial charge in [-0.15, -0.1) is 0 Å². The first-order valence-corrected chi connectivity index (χ1v) is 12.5. The molecule has 0 aliphatic rings. The molecule has 0 aliphatic carbocycles. The standard InChI is InChI=1S/C27H24ClF3N2OS/c1-2-3-7-16-34-23-15-14-21(17-22(23)27(29,30)31)32-26-33-24(18-10-12-20(28)13-11-18)25(35-26)19-8-5-4-6-9-19/h4-6,8-15,17H,2-3,7,16H2,1H3,(H,32,33). The van der Waals surface area contributed by atoms with Gasteiger partial charge in [0.2, 0.25) is 0 Å². The highest BCUT2D eigenvalue weighted by Gasteiger charge is 2.35. The topological polar surface area (TPSA) is 34.1 Å². The number of hydrogen-bond acceptors (Lipinski definition) is 4. The zero-order valence-electron chi connectivity index (χ0n) is 19.0. The zero-order valence-corrected chi connectivity index (χ0v) is 20.6. The molecule has 1 heterocycles. The Labute approximate surface area is 211 Å². The molecule has 0 saturated carbocycles. The second-order valence-electron chi connectivity index (χ2n) is 7.96. The number of hydrogen-bond donors (Lipinski definition) is 1. The summed E-state index contributed by atoms with van der Waals surface area (Å²) >= 11 is 7.42. The second-order valence-corrected chi connectivity index (χ2v) is 9.39. The fraction of sp³-hybridized carbons (Fsp3) is 0.222. The van der Waals surface area contributed by atoms with E-state index in [-0.39, 0.29) is 18.0 Å². The van der Waals surface area contributed by atoms with Crippen LogP contribution in [0.5, 0.6) is 5.75 Å². The highest BCUT2D eigenvalue weighted by atomic mass is 35.5. The number of thiazole rings is 1.